The summed E-state index contributed by atoms with van der Waals surface area (Å²) in [6, 6.07) is 3.86. The van der Waals surface area contributed by atoms with Crippen molar-refractivity contribution in [3.63, 3.8) is 0 Å². The Morgan fingerprint density at radius 1 is 1.32 bits per heavy atom. The molecule has 0 spiro atoms. The number of benzene rings is 1. The number of Topliss-reactive ketones (excluding diaryl/α,β-unsaturated/α-hetero) is 1. The zero-order valence-corrected chi connectivity index (χ0v) is 11.2. The molecule has 5 heteroatoms. The maximum atomic E-state index is 12.4. The normalized spacial score (nSPS) is 11.7. The molecule has 0 heterocycles. The van der Waals surface area contributed by atoms with Crippen LogP contribution in [0.5, 0.6) is 5.75 Å². The molecule has 0 saturated carbocycles. The summed E-state index contributed by atoms with van der Waals surface area (Å²) in [6.45, 7) is 6.12. The first-order valence-corrected chi connectivity index (χ1v) is 6.15. The van der Waals surface area contributed by atoms with Crippen molar-refractivity contribution in [2.45, 2.75) is 39.3 Å². The van der Waals surface area contributed by atoms with Gasteiger partial charge in [-0.15, -0.1) is 0 Å². The zero-order valence-electron chi connectivity index (χ0n) is 11.2. The number of hydrogen-bond acceptors (Lipinski definition) is 2. The molecule has 0 aliphatic heterocycles. The summed E-state index contributed by atoms with van der Waals surface area (Å²) >= 11 is 0. The predicted octanol–water partition coefficient (Wildman–Crippen LogP) is 4.34. The molecule has 0 fully saturated rings. The zero-order chi connectivity index (χ0) is 14.6. The lowest BCUT2D eigenvalue weighted by Crippen LogP contribution is -2.22. The Morgan fingerprint density at radius 2 is 1.95 bits per heavy atom. The number of carbonyl (C=O) groups excluding carboxylic acids is 1. The van der Waals surface area contributed by atoms with Gasteiger partial charge >= 0.3 is 6.18 Å². The van der Waals surface area contributed by atoms with E-state index < -0.39 is 12.0 Å². The molecule has 0 atom stereocenters. The molecule has 0 saturated heterocycles. The van der Waals surface area contributed by atoms with Crippen LogP contribution < -0.4 is 4.74 Å². The van der Waals surface area contributed by atoms with Crippen molar-refractivity contribution in [1.29, 1.82) is 0 Å². The fourth-order valence-electron chi connectivity index (χ4n) is 1.65. The van der Waals surface area contributed by atoms with Gasteiger partial charge in [0.15, 0.2) is 0 Å². The molecule has 1 aromatic rings. The second kappa shape index (κ2) is 6.08. The Balaban J connectivity index is 3.12. The highest BCUT2D eigenvalue weighted by Crippen LogP contribution is 2.30. The highest BCUT2D eigenvalue weighted by Gasteiger charge is 2.39. The topological polar surface area (TPSA) is 26.3 Å². The number of hydrogen-bond donors (Lipinski definition) is 0. The van der Waals surface area contributed by atoms with E-state index in [1.54, 1.807) is 0 Å². The quantitative estimate of drug-likeness (QED) is 0.746. The molecule has 0 bridgehead atoms. The van der Waals surface area contributed by atoms with Gasteiger partial charge in [0.2, 0.25) is 0 Å². The second-order valence-corrected chi connectivity index (χ2v) is 4.58. The van der Waals surface area contributed by atoms with Crippen molar-refractivity contribution < 1.29 is 22.7 Å². The van der Waals surface area contributed by atoms with Gasteiger partial charge < -0.3 is 4.74 Å². The van der Waals surface area contributed by atoms with E-state index in [-0.39, 0.29) is 11.5 Å². The number of halogens is 3. The van der Waals surface area contributed by atoms with Crippen molar-refractivity contribution in [3.05, 3.63) is 29.3 Å². The highest BCUT2D eigenvalue weighted by molar-refractivity contribution is 6.00. The first kappa shape index (κ1) is 15.5. The van der Waals surface area contributed by atoms with Crippen molar-refractivity contribution in [2.24, 2.45) is 0 Å². The Morgan fingerprint density at radius 3 is 2.42 bits per heavy atom. The summed E-state index contributed by atoms with van der Waals surface area (Å²) in [5, 5.41) is 0. The summed E-state index contributed by atoms with van der Waals surface area (Å²) in [5.74, 6) is -1.31. The molecular formula is C14H17F3O2. The molecule has 0 N–H and O–H groups in total. The van der Waals surface area contributed by atoms with Gasteiger partial charge in [-0.05, 0) is 36.1 Å². The highest BCUT2D eigenvalue weighted by atomic mass is 19.4. The van der Waals surface area contributed by atoms with Gasteiger partial charge in [-0.2, -0.15) is 13.2 Å². The Kier molecular flexibility index (Phi) is 4.97. The minimum atomic E-state index is -4.85. The van der Waals surface area contributed by atoms with E-state index in [2.05, 4.69) is 0 Å². The number of ether oxygens (including phenoxy) is 1. The van der Waals surface area contributed by atoms with E-state index in [0.717, 1.165) is 12.5 Å². The van der Waals surface area contributed by atoms with Gasteiger partial charge in [-0.1, -0.05) is 20.8 Å². The molecule has 0 amide bonds. The molecule has 0 aliphatic rings. The van der Waals surface area contributed by atoms with Crippen LogP contribution in [-0.4, -0.2) is 18.6 Å². The lowest BCUT2D eigenvalue weighted by molar-refractivity contribution is -0.0885. The van der Waals surface area contributed by atoms with Gasteiger partial charge in [0.1, 0.15) is 5.75 Å². The van der Waals surface area contributed by atoms with Crippen LogP contribution in [0.15, 0.2) is 18.2 Å². The van der Waals surface area contributed by atoms with Crippen molar-refractivity contribution >= 4 is 5.78 Å². The summed E-state index contributed by atoms with van der Waals surface area (Å²) in [6.07, 6.45) is -4.04. The van der Waals surface area contributed by atoms with Gasteiger partial charge in [-0.3, -0.25) is 4.79 Å². The van der Waals surface area contributed by atoms with Crippen LogP contribution in [0.3, 0.4) is 0 Å². The largest absolute Gasteiger partial charge is 0.493 e. The van der Waals surface area contributed by atoms with E-state index in [4.69, 9.17) is 4.74 Å². The average molecular weight is 274 g/mol. The van der Waals surface area contributed by atoms with Crippen LogP contribution in [0.25, 0.3) is 0 Å². The van der Waals surface area contributed by atoms with Gasteiger partial charge in [-0.25, -0.2) is 0 Å². The first-order valence-electron chi connectivity index (χ1n) is 6.15. The fraction of sp³-hybridized carbons (Fsp3) is 0.500. The molecule has 19 heavy (non-hydrogen) atoms. The summed E-state index contributed by atoms with van der Waals surface area (Å²) < 4.78 is 42.6. The standard InChI is InChI=1S/C14H17F3O2/c1-4-7-19-12-6-5-10(8-11(12)9(2)3)13(18)14(15,16)17/h5-6,8-9H,4,7H2,1-3H3. The second-order valence-electron chi connectivity index (χ2n) is 4.58. The predicted molar refractivity (Wildman–Crippen MR) is 66.7 cm³/mol. The molecule has 1 aromatic carbocycles. The maximum absolute atomic E-state index is 12.4. The van der Waals surface area contributed by atoms with Crippen LogP contribution in [0.2, 0.25) is 0 Å². The Hall–Kier alpha value is -1.52. The van der Waals surface area contributed by atoms with Crippen molar-refractivity contribution in [1.82, 2.24) is 0 Å². The van der Waals surface area contributed by atoms with E-state index >= 15 is 0 Å². The van der Waals surface area contributed by atoms with E-state index in [0.29, 0.717) is 17.9 Å². The van der Waals surface area contributed by atoms with Crippen LogP contribution in [-0.2, 0) is 0 Å². The van der Waals surface area contributed by atoms with Gasteiger partial charge in [0, 0.05) is 5.56 Å². The lowest BCUT2D eigenvalue weighted by Gasteiger charge is -2.15. The van der Waals surface area contributed by atoms with Crippen LogP contribution in [0.4, 0.5) is 13.2 Å². The molecule has 106 valence electrons. The lowest BCUT2D eigenvalue weighted by atomic mass is 9.98. The van der Waals surface area contributed by atoms with Crippen LogP contribution >= 0.6 is 0 Å². The third-order valence-corrected chi connectivity index (χ3v) is 2.61. The average Bonchev–Trinajstić information content (AvgIpc) is 2.34. The van der Waals surface area contributed by atoms with E-state index in [1.165, 1.54) is 12.1 Å². The van der Waals surface area contributed by atoms with Crippen molar-refractivity contribution in [2.75, 3.05) is 6.61 Å². The molecule has 0 radical (unpaired) electrons. The third kappa shape index (κ3) is 3.98. The molecular weight excluding hydrogens is 257 g/mol. The summed E-state index contributed by atoms with van der Waals surface area (Å²) in [7, 11) is 0. The molecule has 2 nitrogen and oxygen atoms in total. The Bertz CT molecular complexity index is 450. The molecule has 0 aliphatic carbocycles. The molecule has 1 rings (SSSR count). The Labute approximate surface area is 110 Å². The summed E-state index contributed by atoms with van der Waals surface area (Å²) in [5.41, 5.74) is 0.267. The number of ketones is 1. The maximum Gasteiger partial charge on any atom is 0.454 e. The van der Waals surface area contributed by atoms with Crippen molar-refractivity contribution in [3.8, 4) is 5.75 Å². The number of carbonyl (C=O) groups is 1. The summed E-state index contributed by atoms with van der Waals surface area (Å²) in [4.78, 5) is 11.2. The van der Waals surface area contributed by atoms with Gasteiger partial charge in [0.25, 0.3) is 5.78 Å². The van der Waals surface area contributed by atoms with Crippen LogP contribution in [0.1, 0.15) is 49.0 Å². The third-order valence-electron chi connectivity index (χ3n) is 2.61. The number of alkyl halides is 3. The minimum absolute atomic E-state index is 0.0205. The smallest absolute Gasteiger partial charge is 0.454 e. The first-order chi connectivity index (χ1) is 8.77. The molecule has 0 unspecified atom stereocenters. The number of rotatable bonds is 5. The monoisotopic (exact) mass is 274 g/mol. The van der Waals surface area contributed by atoms with E-state index in [9.17, 15) is 18.0 Å². The fourth-order valence-corrected chi connectivity index (χ4v) is 1.65. The SMILES string of the molecule is CCCOc1ccc(C(=O)C(F)(F)F)cc1C(C)C. The van der Waals surface area contributed by atoms with Crippen LogP contribution in [0, 0.1) is 0 Å². The molecule has 0 aromatic heterocycles. The minimum Gasteiger partial charge on any atom is -0.493 e. The van der Waals surface area contributed by atoms with E-state index in [1.807, 2.05) is 20.8 Å². The van der Waals surface area contributed by atoms with Gasteiger partial charge in [0.05, 0.1) is 6.61 Å².